The lowest BCUT2D eigenvalue weighted by atomic mass is 9.80. The van der Waals surface area contributed by atoms with Gasteiger partial charge in [-0.3, -0.25) is 4.79 Å². The van der Waals surface area contributed by atoms with Crippen molar-refractivity contribution < 1.29 is 22.7 Å². The van der Waals surface area contributed by atoms with Crippen molar-refractivity contribution in [2.24, 2.45) is 11.7 Å². The monoisotopic (exact) mass is 524 g/mol. The van der Waals surface area contributed by atoms with Crippen molar-refractivity contribution in [3.63, 3.8) is 0 Å². The number of carbonyl (C=O) groups is 1. The van der Waals surface area contributed by atoms with E-state index in [2.05, 4.69) is 12.0 Å². The van der Waals surface area contributed by atoms with Crippen LogP contribution in [0.3, 0.4) is 0 Å². The summed E-state index contributed by atoms with van der Waals surface area (Å²) in [7, 11) is -4.07. The van der Waals surface area contributed by atoms with Crippen molar-refractivity contribution in [2.45, 2.75) is 37.0 Å². The first-order valence-electron chi connectivity index (χ1n) is 12.3. The number of carbonyl (C=O) groups excluding carboxylic acids is 1. The molecule has 1 aromatic heterocycles. The summed E-state index contributed by atoms with van der Waals surface area (Å²) in [5, 5.41) is 14.3. The lowest BCUT2D eigenvalue weighted by Gasteiger charge is -2.30. The number of hydrogen-bond donors (Lipinski definition) is 2. The molecule has 0 unspecified atom stereocenters. The minimum absolute atomic E-state index is 0.0330. The van der Waals surface area contributed by atoms with Gasteiger partial charge in [0, 0.05) is 31.0 Å². The number of aromatic nitrogens is 2. The molecule has 0 radical (unpaired) electrons. The first kappa shape index (κ1) is 25.3. The van der Waals surface area contributed by atoms with E-state index in [4.69, 9.17) is 5.73 Å². The van der Waals surface area contributed by atoms with E-state index in [-0.39, 0.29) is 47.8 Å². The first-order valence-corrected chi connectivity index (χ1v) is 13.7. The highest BCUT2D eigenvalue weighted by Gasteiger charge is 2.39. The second-order valence-corrected chi connectivity index (χ2v) is 11.5. The zero-order valence-corrected chi connectivity index (χ0v) is 21.3. The molecule has 3 N–H and O–H groups in total. The lowest BCUT2D eigenvalue weighted by molar-refractivity contribution is 0.0997. The van der Waals surface area contributed by atoms with Gasteiger partial charge < -0.3 is 10.8 Å². The van der Waals surface area contributed by atoms with Crippen LogP contribution in [0.1, 0.15) is 47.3 Å². The van der Waals surface area contributed by atoms with E-state index in [1.165, 1.54) is 39.7 Å². The molecule has 37 heavy (non-hydrogen) atoms. The topological polar surface area (TPSA) is 119 Å². The van der Waals surface area contributed by atoms with Gasteiger partial charge in [-0.05, 0) is 55.2 Å². The standard InChI is InChI=1S/C27H29FN4O4S/c1-17-23-15-30-32(21-10-8-20(28)9-11-21)24(23)14-18-6-7-19(26(17)18)16-31(12-13-33)37(35,36)25-5-3-2-4-22(25)27(29)34/h2-5,8-11,15,17,19,33H,6-7,12-14,16H2,1H3,(H2,29,34)/t17-,19+/m0/s1. The number of halogens is 1. The predicted molar refractivity (Wildman–Crippen MR) is 136 cm³/mol. The predicted octanol–water partition coefficient (Wildman–Crippen LogP) is 3.16. The fraction of sp³-hybridized carbons (Fsp3) is 0.333. The third-order valence-corrected chi connectivity index (χ3v) is 9.40. The minimum Gasteiger partial charge on any atom is -0.395 e. The Labute approximate surface area is 215 Å². The molecule has 1 amide bonds. The minimum atomic E-state index is -4.07. The molecule has 2 aliphatic carbocycles. The molecule has 0 spiro atoms. The van der Waals surface area contributed by atoms with Gasteiger partial charge in [0.25, 0.3) is 0 Å². The van der Waals surface area contributed by atoms with Gasteiger partial charge in [-0.15, -0.1) is 0 Å². The van der Waals surface area contributed by atoms with Gasteiger partial charge in [0.15, 0.2) is 0 Å². The number of sulfonamides is 1. The number of aliphatic hydroxyl groups is 1. The van der Waals surface area contributed by atoms with E-state index >= 15 is 0 Å². The Morgan fingerprint density at radius 3 is 2.65 bits per heavy atom. The summed E-state index contributed by atoms with van der Waals surface area (Å²) in [6.07, 6.45) is 4.16. The van der Waals surface area contributed by atoms with E-state index in [1.54, 1.807) is 24.3 Å². The van der Waals surface area contributed by atoms with E-state index in [9.17, 15) is 22.7 Å². The summed E-state index contributed by atoms with van der Waals surface area (Å²) in [6, 6.07) is 12.1. The van der Waals surface area contributed by atoms with Gasteiger partial charge in [0.05, 0.1) is 34.6 Å². The molecule has 194 valence electrons. The van der Waals surface area contributed by atoms with E-state index in [1.807, 2.05) is 10.9 Å². The Hall–Kier alpha value is -3.34. The summed E-state index contributed by atoms with van der Waals surface area (Å²) in [5.74, 6) is -1.12. The second-order valence-electron chi connectivity index (χ2n) is 9.57. The van der Waals surface area contributed by atoms with Crippen LogP contribution in [0.25, 0.3) is 5.69 Å². The number of aliphatic hydroxyl groups excluding tert-OH is 1. The van der Waals surface area contributed by atoms with Gasteiger partial charge >= 0.3 is 0 Å². The smallest absolute Gasteiger partial charge is 0.250 e. The second kappa shape index (κ2) is 9.85. The van der Waals surface area contributed by atoms with Crippen molar-refractivity contribution >= 4 is 15.9 Å². The van der Waals surface area contributed by atoms with Gasteiger partial charge in [0.1, 0.15) is 5.82 Å². The van der Waals surface area contributed by atoms with Crippen LogP contribution in [-0.4, -0.2) is 53.2 Å². The number of amides is 1. The van der Waals surface area contributed by atoms with E-state index in [0.717, 1.165) is 29.8 Å². The lowest BCUT2D eigenvalue weighted by Crippen LogP contribution is -2.39. The maximum absolute atomic E-state index is 13.6. The van der Waals surface area contributed by atoms with E-state index < -0.39 is 15.9 Å². The number of primary amides is 1. The van der Waals surface area contributed by atoms with Crippen molar-refractivity contribution in [1.82, 2.24) is 14.1 Å². The van der Waals surface area contributed by atoms with Crippen LogP contribution < -0.4 is 5.73 Å². The molecule has 8 nitrogen and oxygen atoms in total. The quantitative estimate of drug-likeness (QED) is 0.439. The number of nitrogens with two attached hydrogens (primary N) is 1. The molecule has 0 aliphatic heterocycles. The Kier molecular flexibility index (Phi) is 6.74. The average Bonchev–Trinajstić information content (AvgIpc) is 3.49. The molecule has 2 atom stereocenters. The third-order valence-electron chi connectivity index (χ3n) is 7.47. The normalized spacial score (nSPS) is 19.2. The summed E-state index contributed by atoms with van der Waals surface area (Å²) in [5.41, 5.74) is 10.8. The van der Waals surface area contributed by atoms with Gasteiger partial charge in [0.2, 0.25) is 15.9 Å². The molecule has 0 bridgehead atoms. The highest BCUT2D eigenvalue weighted by molar-refractivity contribution is 7.89. The largest absolute Gasteiger partial charge is 0.395 e. The molecule has 1 heterocycles. The van der Waals surface area contributed by atoms with Crippen molar-refractivity contribution in [3.8, 4) is 5.69 Å². The van der Waals surface area contributed by atoms with E-state index in [0.29, 0.717) is 6.42 Å². The number of hydrogen-bond acceptors (Lipinski definition) is 5. The fourth-order valence-electron chi connectivity index (χ4n) is 5.78. The molecule has 3 aromatic rings. The zero-order chi connectivity index (χ0) is 26.3. The van der Waals surface area contributed by atoms with Crippen LogP contribution in [0.4, 0.5) is 4.39 Å². The first-order chi connectivity index (χ1) is 17.7. The SMILES string of the molecule is C[C@@H]1C2=C(CC[C@@H]2CN(CCO)S(=O)(=O)c2ccccc2C(N)=O)Cc2c1cnn2-c1ccc(F)cc1. The summed E-state index contributed by atoms with van der Waals surface area (Å²) >= 11 is 0. The van der Waals surface area contributed by atoms with Crippen molar-refractivity contribution in [2.75, 3.05) is 19.7 Å². The Morgan fingerprint density at radius 2 is 1.95 bits per heavy atom. The van der Waals surface area contributed by atoms with Gasteiger partial charge in [-0.25, -0.2) is 17.5 Å². The molecule has 0 fully saturated rings. The molecule has 0 saturated carbocycles. The number of allylic oxidation sites excluding steroid dienone is 1. The number of fused-ring (bicyclic) bond motifs is 1. The van der Waals surface area contributed by atoms with Crippen LogP contribution in [-0.2, 0) is 16.4 Å². The van der Waals surface area contributed by atoms with Gasteiger partial charge in [-0.2, -0.15) is 9.40 Å². The molecule has 2 aliphatic rings. The van der Waals surface area contributed by atoms with Crippen LogP contribution >= 0.6 is 0 Å². The Bertz CT molecular complexity index is 1480. The Morgan fingerprint density at radius 1 is 1.22 bits per heavy atom. The average molecular weight is 525 g/mol. The van der Waals surface area contributed by atoms with Crippen LogP contribution in [0.2, 0.25) is 0 Å². The molecular weight excluding hydrogens is 495 g/mol. The van der Waals surface area contributed by atoms with Crippen LogP contribution in [0.5, 0.6) is 0 Å². The molecular formula is C27H29FN4O4S. The Balaban J connectivity index is 1.44. The number of rotatable bonds is 8. The van der Waals surface area contributed by atoms with Crippen LogP contribution in [0, 0.1) is 11.7 Å². The van der Waals surface area contributed by atoms with Gasteiger partial charge in [-0.1, -0.05) is 30.2 Å². The fourth-order valence-corrected chi connectivity index (χ4v) is 7.45. The number of nitrogens with zero attached hydrogens (tertiary/aromatic N) is 3. The van der Waals surface area contributed by atoms with Crippen molar-refractivity contribution in [1.29, 1.82) is 0 Å². The summed E-state index contributed by atoms with van der Waals surface area (Å²) < 4.78 is 43.8. The third kappa shape index (κ3) is 4.49. The van der Waals surface area contributed by atoms with Crippen LogP contribution in [0.15, 0.2) is 70.8 Å². The molecule has 2 aromatic carbocycles. The molecule has 0 saturated heterocycles. The maximum atomic E-state index is 13.6. The maximum Gasteiger partial charge on any atom is 0.250 e. The summed E-state index contributed by atoms with van der Waals surface area (Å²) in [6.45, 7) is 1.87. The highest BCUT2D eigenvalue weighted by atomic mass is 32.2. The number of benzene rings is 2. The highest BCUT2D eigenvalue weighted by Crippen LogP contribution is 2.47. The molecule has 5 rings (SSSR count). The zero-order valence-electron chi connectivity index (χ0n) is 20.5. The van der Waals surface area contributed by atoms with Crippen molar-refractivity contribution in [3.05, 3.63) is 88.5 Å². The molecule has 10 heteroatoms. The summed E-state index contributed by atoms with van der Waals surface area (Å²) in [4.78, 5) is 11.8.